The molecule has 0 bridgehead atoms. The van der Waals surface area contributed by atoms with Gasteiger partial charge in [0.05, 0.1) is 0 Å². The van der Waals surface area contributed by atoms with Crippen LogP contribution in [0, 0.1) is 11.3 Å². The van der Waals surface area contributed by atoms with Crippen LogP contribution in [0.3, 0.4) is 0 Å². The van der Waals surface area contributed by atoms with Crippen molar-refractivity contribution < 1.29 is 5.11 Å². The normalized spacial score (nSPS) is 28.2. The van der Waals surface area contributed by atoms with Gasteiger partial charge < -0.3 is 10.0 Å². The van der Waals surface area contributed by atoms with E-state index in [1.165, 1.54) is 38.9 Å². The molecule has 0 radical (unpaired) electrons. The molecule has 2 rings (SSSR count). The van der Waals surface area contributed by atoms with Crippen LogP contribution in [0.5, 0.6) is 0 Å². The second-order valence-corrected chi connectivity index (χ2v) is 5.14. The Bertz CT molecular complexity index is 169. The summed E-state index contributed by atoms with van der Waals surface area (Å²) in [6.45, 7) is 6.45. The third-order valence-electron chi connectivity index (χ3n) is 3.72. The summed E-state index contributed by atoms with van der Waals surface area (Å²) in [5.41, 5.74) is 0.763. The molecule has 1 unspecified atom stereocenters. The lowest BCUT2D eigenvalue weighted by Gasteiger charge is -2.56. The van der Waals surface area contributed by atoms with Gasteiger partial charge in [-0.05, 0) is 30.6 Å². The molecule has 1 saturated heterocycles. The number of hydrogen-bond donors (Lipinski definition) is 1. The largest absolute Gasteiger partial charge is 0.396 e. The first-order chi connectivity index (χ1) is 6.24. The van der Waals surface area contributed by atoms with Gasteiger partial charge in [-0.25, -0.2) is 0 Å². The van der Waals surface area contributed by atoms with Crippen molar-refractivity contribution in [2.24, 2.45) is 11.3 Å². The van der Waals surface area contributed by atoms with E-state index in [9.17, 15) is 0 Å². The number of aliphatic hydroxyl groups is 1. The van der Waals surface area contributed by atoms with E-state index in [2.05, 4.69) is 11.8 Å². The lowest BCUT2D eigenvalue weighted by Crippen LogP contribution is -2.60. The topological polar surface area (TPSA) is 23.5 Å². The average Bonchev–Trinajstić information content (AvgIpc) is 1.92. The van der Waals surface area contributed by atoms with Crippen molar-refractivity contribution in [1.29, 1.82) is 0 Å². The van der Waals surface area contributed by atoms with Crippen molar-refractivity contribution >= 4 is 0 Å². The molecule has 1 aliphatic carbocycles. The standard InChI is InChI=1S/C11H21NO/c1-10(3-6-13)7-12-8-11(9-12)4-2-5-11/h10,13H,2-9H2,1H3. The van der Waals surface area contributed by atoms with E-state index < -0.39 is 0 Å². The van der Waals surface area contributed by atoms with Crippen molar-refractivity contribution in [3.8, 4) is 0 Å². The van der Waals surface area contributed by atoms with Gasteiger partial charge in [-0.1, -0.05) is 13.3 Å². The minimum absolute atomic E-state index is 0.347. The Kier molecular flexibility index (Phi) is 2.61. The lowest BCUT2D eigenvalue weighted by atomic mass is 9.63. The number of likely N-dealkylation sites (tertiary alicyclic amines) is 1. The minimum Gasteiger partial charge on any atom is -0.396 e. The molecule has 0 aromatic rings. The molecule has 0 aromatic carbocycles. The van der Waals surface area contributed by atoms with E-state index in [1.807, 2.05) is 0 Å². The number of nitrogens with zero attached hydrogens (tertiary/aromatic N) is 1. The molecule has 2 nitrogen and oxygen atoms in total. The Morgan fingerprint density at radius 1 is 1.38 bits per heavy atom. The van der Waals surface area contributed by atoms with Crippen LogP contribution in [-0.2, 0) is 0 Å². The van der Waals surface area contributed by atoms with E-state index in [0.29, 0.717) is 12.5 Å². The fourth-order valence-corrected chi connectivity index (χ4v) is 2.78. The number of rotatable bonds is 4. The molecule has 2 fully saturated rings. The molecular weight excluding hydrogens is 162 g/mol. The zero-order valence-electron chi connectivity index (χ0n) is 8.63. The summed E-state index contributed by atoms with van der Waals surface area (Å²) in [6.07, 6.45) is 5.36. The van der Waals surface area contributed by atoms with E-state index in [-0.39, 0.29) is 0 Å². The molecule has 1 atom stereocenters. The predicted molar refractivity (Wildman–Crippen MR) is 53.6 cm³/mol. The van der Waals surface area contributed by atoms with Gasteiger partial charge in [0.25, 0.3) is 0 Å². The van der Waals surface area contributed by atoms with Crippen LogP contribution in [0.25, 0.3) is 0 Å². The van der Waals surface area contributed by atoms with Crippen LogP contribution < -0.4 is 0 Å². The first-order valence-corrected chi connectivity index (χ1v) is 5.57. The summed E-state index contributed by atoms with van der Waals surface area (Å²) in [5, 5.41) is 8.78. The summed E-state index contributed by atoms with van der Waals surface area (Å²) in [4.78, 5) is 2.56. The Morgan fingerprint density at radius 3 is 2.54 bits per heavy atom. The van der Waals surface area contributed by atoms with Gasteiger partial charge in [0.2, 0.25) is 0 Å². The number of aliphatic hydroxyl groups excluding tert-OH is 1. The summed E-state index contributed by atoms with van der Waals surface area (Å²) < 4.78 is 0. The molecule has 76 valence electrons. The summed E-state index contributed by atoms with van der Waals surface area (Å²) in [6, 6.07) is 0. The second kappa shape index (κ2) is 3.58. The fraction of sp³-hybridized carbons (Fsp3) is 1.00. The smallest absolute Gasteiger partial charge is 0.0434 e. The van der Waals surface area contributed by atoms with Gasteiger partial charge in [0, 0.05) is 26.2 Å². The monoisotopic (exact) mass is 183 g/mol. The molecule has 2 heteroatoms. The third kappa shape index (κ3) is 1.89. The Hall–Kier alpha value is -0.0800. The molecule has 1 saturated carbocycles. The summed E-state index contributed by atoms with van der Waals surface area (Å²) >= 11 is 0. The van der Waals surface area contributed by atoms with Gasteiger partial charge in [-0.15, -0.1) is 0 Å². The van der Waals surface area contributed by atoms with Gasteiger partial charge in [0.15, 0.2) is 0 Å². The molecule has 1 N–H and O–H groups in total. The molecule has 0 aromatic heterocycles. The Labute approximate surface area is 80.9 Å². The van der Waals surface area contributed by atoms with Crippen LogP contribution in [0.2, 0.25) is 0 Å². The summed E-state index contributed by atoms with van der Waals surface area (Å²) in [7, 11) is 0. The molecule has 1 aliphatic heterocycles. The molecule has 1 spiro atoms. The van der Waals surface area contributed by atoms with Gasteiger partial charge in [-0.3, -0.25) is 0 Å². The zero-order chi connectivity index (χ0) is 9.31. The van der Waals surface area contributed by atoms with Crippen LogP contribution in [0.15, 0.2) is 0 Å². The van der Waals surface area contributed by atoms with E-state index in [4.69, 9.17) is 5.11 Å². The van der Waals surface area contributed by atoms with Crippen molar-refractivity contribution in [2.45, 2.75) is 32.6 Å². The minimum atomic E-state index is 0.347. The number of hydrogen-bond acceptors (Lipinski definition) is 2. The van der Waals surface area contributed by atoms with Crippen molar-refractivity contribution in [2.75, 3.05) is 26.2 Å². The van der Waals surface area contributed by atoms with E-state index in [0.717, 1.165) is 11.8 Å². The van der Waals surface area contributed by atoms with E-state index in [1.54, 1.807) is 0 Å². The van der Waals surface area contributed by atoms with Gasteiger partial charge in [0.1, 0.15) is 0 Å². The predicted octanol–water partition coefficient (Wildman–Crippen LogP) is 1.49. The second-order valence-electron chi connectivity index (χ2n) is 5.14. The quantitative estimate of drug-likeness (QED) is 0.714. The molecular formula is C11H21NO. The lowest BCUT2D eigenvalue weighted by molar-refractivity contribution is -0.0664. The average molecular weight is 183 g/mol. The van der Waals surface area contributed by atoms with Crippen molar-refractivity contribution in [3.63, 3.8) is 0 Å². The highest BCUT2D eigenvalue weighted by atomic mass is 16.3. The molecule has 0 amide bonds. The highest BCUT2D eigenvalue weighted by Crippen LogP contribution is 2.48. The molecule has 2 aliphatic rings. The van der Waals surface area contributed by atoms with Crippen LogP contribution in [-0.4, -0.2) is 36.2 Å². The highest BCUT2D eigenvalue weighted by Gasteiger charge is 2.46. The van der Waals surface area contributed by atoms with Crippen LogP contribution >= 0.6 is 0 Å². The van der Waals surface area contributed by atoms with Crippen molar-refractivity contribution in [1.82, 2.24) is 4.90 Å². The fourth-order valence-electron chi connectivity index (χ4n) is 2.78. The first kappa shape index (κ1) is 9.47. The van der Waals surface area contributed by atoms with E-state index >= 15 is 0 Å². The third-order valence-corrected chi connectivity index (χ3v) is 3.72. The maximum absolute atomic E-state index is 8.78. The Balaban J connectivity index is 1.63. The van der Waals surface area contributed by atoms with Gasteiger partial charge in [-0.2, -0.15) is 0 Å². The van der Waals surface area contributed by atoms with Crippen LogP contribution in [0.1, 0.15) is 32.6 Å². The maximum atomic E-state index is 8.78. The zero-order valence-corrected chi connectivity index (χ0v) is 8.63. The summed E-state index contributed by atoms with van der Waals surface area (Å²) in [5.74, 6) is 0.669. The molecule has 1 heterocycles. The van der Waals surface area contributed by atoms with Crippen LogP contribution in [0.4, 0.5) is 0 Å². The Morgan fingerprint density at radius 2 is 2.08 bits per heavy atom. The SMILES string of the molecule is CC(CCO)CN1CC2(CCC2)C1. The van der Waals surface area contributed by atoms with Gasteiger partial charge >= 0.3 is 0 Å². The highest BCUT2D eigenvalue weighted by molar-refractivity contribution is 5.00. The maximum Gasteiger partial charge on any atom is 0.0434 e. The van der Waals surface area contributed by atoms with Crippen molar-refractivity contribution in [3.05, 3.63) is 0 Å². The first-order valence-electron chi connectivity index (χ1n) is 5.57. The molecule has 13 heavy (non-hydrogen) atoms.